The Morgan fingerprint density at radius 3 is 2.18 bits per heavy atom. The van der Waals surface area contributed by atoms with Gasteiger partial charge in [-0.25, -0.2) is 17.6 Å². The largest absolute Gasteiger partial charge is 0.452 e. The Labute approximate surface area is 191 Å². The topological polar surface area (TPSA) is 92.8 Å². The summed E-state index contributed by atoms with van der Waals surface area (Å²) < 4.78 is 44.8. The van der Waals surface area contributed by atoms with E-state index in [2.05, 4.69) is 5.32 Å². The number of carbonyl (C=O) groups is 2. The molecule has 0 aliphatic rings. The monoisotopic (exact) mass is 470 g/mol. The molecule has 7 nitrogen and oxygen atoms in total. The normalized spacial score (nSPS) is 12.0. The number of halogens is 1. The van der Waals surface area contributed by atoms with Crippen LogP contribution in [-0.4, -0.2) is 33.9 Å². The van der Waals surface area contributed by atoms with E-state index >= 15 is 0 Å². The Balaban J connectivity index is 1.57. The number of nitrogens with one attached hydrogen (secondary N) is 1. The van der Waals surface area contributed by atoms with Gasteiger partial charge in [-0.2, -0.15) is 0 Å². The molecule has 0 fully saturated rings. The van der Waals surface area contributed by atoms with Gasteiger partial charge in [0, 0.05) is 7.05 Å². The average molecular weight is 471 g/mol. The zero-order valence-corrected chi connectivity index (χ0v) is 18.9. The van der Waals surface area contributed by atoms with E-state index in [-0.39, 0.29) is 16.3 Å². The lowest BCUT2D eigenvalue weighted by molar-refractivity contribution is -0.124. The van der Waals surface area contributed by atoms with Gasteiger partial charge >= 0.3 is 5.97 Å². The fourth-order valence-electron chi connectivity index (χ4n) is 3.03. The Morgan fingerprint density at radius 2 is 1.58 bits per heavy atom. The SMILES string of the molecule is C[C@H](NC(=O)COC(=O)c1ccc(S(=O)(=O)N(C)c2ccccc2)cc1)c1ccc(F)cc1. The van der Waals surface area contributed by atoms with E-state index in [0.717, 1.165) is 4.31 Å². The van der Waals surface area contributed by atoms with Crippen molar-refractivity contribution in [2.45, 2.75) is 17.9 Å². The predicted molar refractivity (Wildman–Crippen MR) is 122 cm³/mol. The third-order valence-electron chi connectivity index (χ3n) is 4.95. The highest BCUT2D eigenvalue weighted by Crippen LogP contribution is 2.22. The van der Waals surface area contributed by atoms with E-state index in [1.54, 1.807) is 49.4 Å². The molecule has 3 rings (SSSR count). The van der Waals surface area contributed by atoms with Crippen molar-refractivity contribution in [3.63, 3.8) is 0 Å². The van der Waals surface area contributed by atoms with Crippen molar-refractivity contribution in [3.05, 3.63) is 95.8 Å². The molecule has 0 unspecified atom stereocenters. The van der Waals surface area contributed by atoms with Gasteiger partial charge in [0.15, 0.2) is 6.61 Å². The molecule has 0 aliphatic carbocycles. The van der Waals surface area contributed by atoms with Crippen molar-refractivity contribution in [2.24, 2.45) is 0 Å². The molecular formula is C24H23FN2O5S. The number of rotatable bonds is 8. The highest BCUT2D eigenvalue weighted by Gasteiger charge is 2.22. The molecule has 1 amide bonds. The van der Waals surface area contributed by atoms with Gasteiger partial charge in [-0.15, -0.1) is 0 Å². The number of amides is 1. The minimum Gasteiger partial charge on any atom is -0.452 e. The number of sulfonamides is 1. The van der Waals surface area contributed by atoms with Crippen LogP contribution in [0.3, 0.4) is 0 Å². The van der Waals surface area contributed by atoms with Crippen molar-refractivity contribution in [2.75, 3.05) is 18.0 Å². The smallest absolute Gasteiger partial charge is 0.338 e. The number of carbonyl (C=O) groups excluding carboxylic acids is 2. The van der Waals surface area contributed by atoms with E-state index < -0.39 is 34.5 Å². The number of anilines is 1. The van der Waals surface area contributed by atoms with Crippen LogP contribution in [0, 0.1) is 5.82 Å². The molecule has 9 heteroatoms. The summed E-state index contributed by atoms with van der Waals surface area (Å²) in [4.78, 5) is 24.3. The van der Waals surface area contributed by atoms with Crippen LogP contribution in [-0.2, 0) is 19.6 Å². The Kier molecular flexibility index (Phi) is 7.44. The van der Waals surface area contributed by atoms with Crippen LogP contribution >= 0.6 is 0 Å². The van der Waals surface area contributed by atoms with E-state index in [1.165, 1.54) is 43.4 Å². The molecule has 0 spiro atoms. The van der Waals surface area contributed by atoms with E-state index in [9.17, 15) is 22.4 Å². The molecule has 1 N–H and O–H groups in total. The first-order chi connectivity index (χ1) is 15.7. The minimum absolute atomic E-state index is 0.0104. The van der Waals surface area contributed by atoms with E-state index in [0.29, 0.717) is 11.3 Å². The van der Waals surface area contributed by atoms with Gasteiger partial charge in [0.25, 0.3) is 15.9 Å². The maximum Gasteiger partial charge on any atom is 0.338 e. The fourth-order valence-corrected chi connectivity index (χ4v) is 4.23. The molecule has 3 aromatic rings. The van der Waals surface area contributed by atoms with Crippen LogP contribution in [0.5, 0.6) is 0 Å². The molecule has 0 radical (unpaired) electrons. The lowest BCUT2D eigenvalue weighted by Gasteiger charge is -2.19. The summed E-state index contributed by atoms with van der Waals surface area (Å²) in [7, 11) is -2.37. The van der Waals surface area contributed by atoms with Crippen LogP contribution < -0.4 is 9.62 Å². The van der Waals surface area contributed by atoms with Gasteiger partial charge in [0.2, 0.25) is 0 Å². The number of nitrogens with zero attached hydrogens (tertiary/aromatic N) is 1. The van der Waals surface area contributed by atoms with Gasteiger partial charge < -0.3 is 10.1 Å². The van der Waals surface area contributed by atoms with Crippen molar-refractivity contribution in [1.82, 2.24) is 5.32 Å². The summed E-state index contributed by atoms with van der Waals surface area (Å²) in [5.74, 6) is -1.67. The second-order valence-corrected chi connectivity index (χ2v) is 9.22. The zero-order chi connectivity index (χ0) is 24.0. The summed E-state index contributed by atoms with van der Waals surface area (Å²) in [6.07, 6.45) is 0. The molecule has 0 saturated heterocycles. The number of hydrogen-bond acceptors (Lipinski definition) is 5. The van der Waals surface area contributed by atoms with Gasteiger partial charge in [-0.3, -0.25) is 9.10 Å². The van der Waals surface area contributed by atoms with Gasteiger partial charge in [-0.05, 0) is 61.0 Å². The molecule has 1 atom stereocenters. The first kappa shape index (κ1) is 23.9. The Hall–Kier alpha value is -3.72. The third-order valence-corrected chi connectivity index (χ3v) is 6.75. The summed E-state index contributed by atoms with van der Waals surface area (Å²) in [5.41, 5.74) is 1.31. The summed E-state index contributed by atoms with van der Waals surface area (Å²) >= 11 is 0. The number of para-hydroxylation sites is 1. The van der Waals surface area contributed by atoms with Crippen LogP contribution in [0.2, 0.25) is 0 Å². The first-order valence-corrected chi connectivity index (χ1v) is 11.5. The predicted octanol–water partition coefficient (Wildman–Crippen LogP) is 3.69. The van der Waals surface area contributed by atoms with Crippen LogP contribution in [0.25, 0.3) is 0 Å². The third kappa shape index (κ3) is 5.95. The fraction of sp³-hybridized carbons (Fsp3) is 0.167. The Morgan fingerprint density at radius 1 is 0.970 bits per heavy atom. The van der Waals surface area contributed by atoms with Gasteiger partial charge in [-0.1, -0.05) is 30.3 Å². The number of ether oxygens (including phenoxy) is 1. The van der Waals surface area contributed by atoms with Crippen LogP contribution in [0.1, 0.15) is 28.9 Å². The van der Waals surface area contributed by atoms with Crippen LogP contribution in [0.15, 0.2) is 83.8 Å². The summed E-state index contributed by atoms with van der Waals surface area (Å²) in [6.45, 7) is 1.21. The van der Waals surface area contributed by atoms with E-state index in [1.807, 2.05) is 0 Å². The molecule has 0 saturated carbocycles. The first-order valence-electron chi connectivity index (χ1n) is 10.0. The lowest BCUT2D eigenvalue weighted by Crippen LogP contribution is -2.31. The minimum atomic E-state index is -3.81. The number of benzene rings is 3. The van der Waals surface area contributed by atoms with Crippen molar-refractivity contribution in [3.8, 4) is 0 Å². The summed E-state index contributed by atoms with van der Waals surface area (Å²) in [5, 5.41) is 2.66. The van der Waals surface area contributed by atoms with Crippen molar-refractivity contribution in [1.29, 1.82) is 0 Å². The molecular weight excluding hydrogens is 447 g/mol. The second kappa shape index (κ2) is 10.3. The number of hydrogen-bond donors (Lipinski definition) is 1. The van der Waals surface area contributed by atoms with Gasteiger partial charge in [0.05, 0.1) is 22.2 Å². The second-order valence-electron chi connectivity index (χ2n) is 7.25. The standard InChI is InChI=1S/C24H23FN2O5S/c1-17(18-8-12-20(25)13-9-18)26-23(28)16-32-24(29)19-10-14-22(15-11-19)33(30,31)27(2)21-6-4-3-5-7-21/h3-15,17H,16H2,1-2H3,(H,26,28)/t17-/m0/s1. The summed E-state index contributed by atoms with van der Waals surface area (Å²) in [6, 6.07) is 19.2. The lowest BCUT2D eigenvalue weighted by atomic mass is 10.1. The van der Waals surface area contributed by atoms with Crippen molar-refractivity contribution >= 4 is 27.6 Å². The molecule has 0 aromatic heterocycles. The molecule has 3 aromatic carbocycles. The molecule has 172 valence electrons. The highest BCUT2D eigenvalue weighted by molar-refractivity contribution is 7.92. The van der Waals surface area contributed by atoms with E-state index in [4.69, 9.17) is 4.74 Å². The Bertz CT molecular complexity index is 1210. The van der Waals surface area contributed by atoms with Gasteiger partial charge in [0.1, 0.15) is 5.82 Å². The zero-order valence-electron chi connectivity index (χ0n) is 18.1. The van der Waals surface area contributed by atoms with Crippen LogP contribution in [0.4, 0.5) is 10.1 Å². The molecule has 0 aliphatic heterocycles. The quantitative estimate of drug-likeness (QED) is 0.507. The number of esters is 1. The van der Waals surface area contributed by atoms with Crippen molar-refractivity contribution < 1.29 is 27.1 Å². The average Bonchev–Trinajstić information content (AvgIpc) is 2.83. The molecule has 33 heavy (non-hydrogen) atoms. The maximum atomic E-state index is 13.0. The maximum absolute atomic E-state index is 13.0. The molecule has 0 bridgehead atoms. The highest BCUT2D eigenvalue weighted by atomic mass is 32.2. The molecule has 0 heterocycles.